The molecule has 0 amide bonds. The largest absolute Gasteiger partial charge is 0.433 e. The first-order valence-corrected chi connectivity index (χ1v) is 5.36. The molecule has 0 saturated carbocycles. The molecule has 0 unspecified atom stereocenters. The first-order valence-electron chi connectivity index (χ1n) is 5.36. The lowest BCUT2D eigenvalue weighted by Crippen LogP contribution is -2.08. The predicted octanol–water partition coefficient (Wildman–Crippen LogP) is 2.75. The van der Waals surface area contributed by atoms with Crippen LogP contribution < -0.4 is 10.5 Å². The first kappa shape index (κ1) is 13.3. The number of nitrogens with two attached hydrogens (primary N) is 1. The Morgan fingerprint density at radius 3 is 2.37 bits per heavy atom. The summed E-state index contributed by atoms with van der Waals surface area (Å²) < 4.78 is 42.5. The van der Waals surface area contributed by atoms with Gasteiger partial charge in [-0.2, -0.15) is 18.2 Å². The average molecular weight is 269 g/mol. The van der Waals surface area contributed by atoms with Gasteiger partial charge in [-0.3, -0.25) is 0 Å². The van der Waals surface area contributed by atoms with Gasteiger partial charge in [0, 0.05) is 12.7 Å². The second-order valence-corrected chi connectivity index (χ2v) is 3.67. The minimum Gasteiger partial charge on any atom is -0.424 e. The number of alkyl halides is 3. The summed E-state index contributed by atoms with van der Waals surface area (Å²) in [6.45, 7) is 0.375. The van der Waals surface area contributed by atoms with Crippen LogP contribution in [0.2, 0.25) is 0 Å². The molecule has 0 bridgehead atoms. The van der Waals surface area contributed by atoms with E-state index in [-0.39, 0.29) is 6.01 Å². The maximum absolute atomic E-state index is 12.4. The van der Waals surface area contributed by atoms with Gasteiger partial charge in [0.2, 0.25) is 0 Å². The van der Waals surface area contributed by atoms with Crippen LogP contribution >= 0.6 is 0 Å². The second kappa shape index (κ2) is 5.23. The van der Waals surface area contributed by atoms with Gasteiger partial charge in [-0.25, -0.2) is 4.98 Å². The van der Waals surface area contributed by atoms with Crippen LogP contribution in [-0.2, 0) is 12.7 Å². The predicted molar refractivity (Wildman–Crippen MR) is 61.4 cm³/mol. The van der Waals surface area contributed by atoms with Crippen molar-refractivity contribution in [3.63, 3.8) is 0 Å². The summed E-state index contributed by atoms with van der Waals surface area (Å²) >= 11 is 0. The Balaban J connectivity index is 2.18. The molecule has 0 aliphatic rings. The third kappa shape index (κ3) is 3.41. The van der Waals surface area contributed by atoms with Crippen LogP contribution in [0.1, 0.15) is 11.3 Å². The van der Waals surface area contributed by atoms with Gasteiger partial charge in [-0.15, -0.1) is 0 Å². The fourth-order valence-electron chi connectivity index (χ4n) is 1.35. The number of nitrogens with zero attached hydrogens (tertiary/aromatic N) is 2. The normalized spacial score (nSPS) is 11.4. The third-order valence-corrected chi connectivity index (χ3v) is 2.29. The van der Waals surface area contributed by atoms with Gasteiger partial charge in [0.15, 0.2) is 5.69 Å². The summed E-state index contributed by atoms with van der Waals surface area (Å²) in [5.74, 6) is 0.344. The van der Waals surface area contributed by atoms with Crippen molar-refractivity contribution in [3.8, 4) is 11.8 Å². The third-order valence-electron chi connectivity index (χ3n) is 2.29. The molecule has 0 fully saturated rings. The van der Waals surface area contributed by atoms with Crippen LogP contribution in [0.25, 0.3) is 0 Å². The second-order valence-electron chi connectivity index (χ2n) is 3.67. The molecule has 2 aromatic rings. The van der Waals surface area contributed by atoms with Crippen LogP contribution in [0.5, 0.6) is 11.8 Å². The minimum absolute atomic E-state index is 0.344. The van der Waals surface area contributed by atoms with E-state index in [1.807, 2.05) is 0 Å². The zero-order valence-corrected chi connectivity index (χ0v) is 9.69. The molecule has 0 aliphatic carbocycles. The summed E-state index contributed by atoms with van der Waals surface area (Å²) in [7, 11) is 0. The highest BCUT2D eigenvalue weighted by Gasteiger charge is 2.33. The summed E-state index contributed by atoms with van der Waals surface area (Å²) in [6.07, 6.45) is -3.52. The molecule has 19 heavy (non-hydrogen) atoms. The zero-order valence-electron chi connectivity index (χ0n) is 9.69. The molecule has 4 nitrogen and oxygen atoms in total. The SMILES string of the molecule is NCc1ccc(Oc2nccc(C(F)(F)F)n2)cc1. The van der Waals surface area contributed by atoms with Crippen molar-refractivity contribution in [3.05, 3.63) is 47.8 Å². The minimum atomic E-state index is -4.52. The van der Waals surface area contributed by atoms with E-state index in [2.05, 4.69) is 9.97 Å². The Morgan fingerprint density at radius 1 is 1.11 bits per heavy atom. The Kier molecular flexibility index (Phi) is 3.66. The van der Waals surface area contributed by atoms with E-state index in [4.69, 9.17) is 10.5 Å². The van der Waals surface area contributed by atoms with Crippen molar-refractivity contribution in [2.75, 3.05) is 0 Å². The van der Waals surface area contributed by atoms with E-state index in [9.17, 15) is 13.2 Å². The van der Waals surface area contributed by atoms with Crippen LogP contribution in [0.4, 0.5) is 13.2 Å². The summed E-state index contributed by atoms with van der Waals surface area (Å²) in [6, 6.07) is 7.03. The molecule has 2 rings (SSSR count). The first-order chi connectivity index (χ1) is 8.99. The molecule has 2 N–H and O–H groups in total. The molecule has 1 heterocycles. The fraction of sp³-hybridized carbons (Fsp3) is 0.167. The standard InChI is InChI=1S/C12H10F3N3O/c13-12(14,15)10-5-6-17-11(18-10)19-9-3-1-8(7-16)2-4-9/h1-6H,7,16H2. The summed E-state index contributed by atoms with van der Waals surface area (Å²) in [5.41, 5.74) is 5.27. The Morgan fingerprint density at radius 2 is 1.79 bits per heavy atom. The Bertz CT molecular complexity index is 555. The number of hydrogen-bond acceptors (Lipinski definition) is 4. The van der Waals surface area contributed by atoms with E-state index in [0.717, 1.165) is 17.8 Å². The van der Waals surface area contributed by atoms with Crippen LogP contribution in [0.3, 0.4) is 0 Å². The average Bonchev–Trinajstić information content (AvgIpc) is 2.39. The van der Waals surface area contributed by atoms with Crippen LogP contribution in [0.15, 0.2) is 36.5 Å². The maximum Gasteiger partial charge on any atom is 0.433 e. The molecule has 1 aromatic carbocycles. The number of aromatic nitrogens is 2. The van der Waals surface area contributed by atoms with E-state index in [1.165, 1.54) is 0 Å². The molecular weight excluding hydrogens is 259 g/mol. The van der Waals surface area contributed by atoms with Crippen molar-refractivity contribution in [1.29, 1.82) is 0 Å². The van der Waals surface area contributed by atoms with Crippen LogP contribution in [-0.4, -0.2) is 9.97 Å². The van der Waals surface area contributed by atoms with E-state index >= 15 is 0 Å². The van der Waals surface area contributed by atoms with Crippen molar-refractivity contribution in [1.82, 2.24) is 9.97 Å². The lowest BCUT2D eigenvalue weighted by atomic mass is 10.2. The van der Waals surface area contributed by atoms with E-state index < -0.39 is 11.9 Å². The summed E-state index contributed by atoms with van der Waals surface area (Å²) in [4.78, 5) is 6.93. The van der Waals surface area contributed by atoms with Crippen molar-refractivity contribution in [2.45, 2.75) is 12.7 Å². The van der Waals surface area contributed by atoms with Gasteiger partial charge in [-0.1, -0.05) is 12.1 Å². The highest BCUT2D eigenvalue weighted by molar-refractivity contribution is 5.29. The lowest BCUT2D eigenvalue weighted by molar-refractivity contribution is -0.141. The monoisotopic (exact) mass is 269 g/mol. The Hall–Kier alpha value is -2.15. The molecule has 0 atom stereocenters. The maximum atomic E-state index is 12.4. The summed E-state index contributed by atoms with van der Waals surface area (Å²) in [5, 5.41) is 0. The molecule has 0 spiro atoms. The van der Waals surface area contributed by atoms with Gasteiger partial charge in [0.25, 0.3) is 0 Å². The number of ether oxygens (including phenoxy) is 1. The van der Waals surface area contributed by atoms with Gasteiger partial charge in [0.1, 0.15) is 5.75 Å². The van der Waals surface area contributed by atoms with Gasteiger partial charge in [-0.05, 0) is 23.8 Å². The molecule has 1 aromatic heterocycles. The zero-order chi connectivity index (χ0) is 13.9. The van der Waals surface area contributed by atoms with Gasteiger partial charge in [0.05, 0.1) is 0 Å². The fourth-order valence-corrected chi connectivity index (χ4v) is 1.35. The highest BCUT2D eigenvalue weighted by Crippen LogP contribution is 2.28. The number of rotatable bonds is 3. The van der Waals surface area contributed by atoms with E-state index in [0.29, 0.717) is 12.3 Å². The van der Waals surface area contributed by atoms with Crippen molar-refractivity contribution >= 4 is 0 Å². The van der Waals surface area contributed by atoms with E-state index in [1.54, 1.807) is 24.3 Å². The van der Waals surface area contributed by atoms with Gasteiger partial charge >= 0.3 is 12.2 Å². The van der Waals surface area contributed by atoms with Crippen molar-refractivity contribution < 1.29 is 17.9 Å². The molecule has 7 heteroatoms. The molecule has 0 radical (unpaired) electrons. The van der Waals surface area contributed by atoms with Crippen LogP contribution in [0, 0.1) is 0 Å². The quantitative estimate of drug-likeness (QED) is 0.930. The Labute approximate surface area is 107 Å². The van der Waals surface area contributed by atoms with Gasteiger partial charge < -0.3 is 10.5 Å². The number of halogens is 3. The topological polar surface area (TPSA) is 61.0 Å². The molecule has 0 saturated heterocycles. The highest BCUT2D eigenvalue weighted by atomic mass is 19.4. The smallest absolute Gasteiger partial charge is 0.424 e. The lowest BCUT2D eigenvalue weighted by Gasteiger charge is -2.08. The van der Waals surface area contributed by atoms with Crippen molar-refractivity contribution in [2.24, 2.45) is 5.73 Å². The number of benzene rings is 1. The molecule has 100 valence electrons. The molecule has 0 aliphatic heterocycles. The molecular formula is C12H10F3N3O. The number of hydrogen-bond donors (Lipinski definition) is 1.